The summed E-state index contributed by atoms with van der Waals surface area (Å²) in [5.74, 6) is -0.0381. The number of carbonyl (C=O) groups excluding carboxylic acids is 1. The Morgan fingerprint density at radius 1 is 1.25 bits per heavy atom. The van der Waals surface area contributed by atoms with Gasteiger partial charge in [0.25, 0.3) is 0 Å². The number of nitrogens with one attached hydrogen (secondary N) is 2. The molecule has 4 heteroatoms. The fraction of sp³-hybridized carbons (Fsp3) is 0.250. The first-order valence-corrected chi connectivity index (χ1v) is 8.22. The zero-order valence-corrected chi connectivity index (χ0v) is 13.9. The first-order valence-electron chi connectivity index (χ1n) is 8.22. The van der Waals surface area contributed by atoms with Crippen molar-refractivity contribution in [2.75, 3.05) is 18.0 Å². The SMILES string of the molecule is C=CCN1CC(NC(C)=O)NC(c2ccccc2)c2ccccc21. The van der Waals surface area contributed by atoms with Gasteiger partial charge >= 0.3 is 0 Å². The van der Waals surface area contributed by atoms with E-state index in [9.17, 15) is 4.79 Å². The molecule has 0 aromatic heterocycles. The van der Waals surface area contributed by atoms with Crippen LogP contribution in [0.3, 0.4) is 0 Å². The van der Waals surface area contributed by atoms with Crippen LogP contribution >= 0.6 is 0 Å². The number of carbonyl (C=O) groups is 1. The van der Waals surface area contributed by atoms with E-state index >= 15 is 0 Å². The van der Waals surface area contributed by atoms with Crippen molar-refractivity contribution >= 4 is 11.6 Å². The smallest absolute Gasteiger partial charge is 0.218 e. The van der Waals surface area contributed by atoms with Gasteiger partial charge in [-0.05, 0) is 17.2 Å². The maximum atomic E-state index is 11.6. The number of amides is 1. The number of hydrogen-bond acceptors (Lipinski definition) is 3. The van der Waals surface area contributed by atoms with Crippen molar-refractivity contribution in [1.82, 2.24) is 10.6 Å². The van der Waals surface area contributed by atoms with Crippen molar-refractivity contribution in [2.24, 2.45) is 0 Å². The monoisotopic (exact) mass is 321 g/mol. The van der Waals surface area contributed by atoms with Crippen molar-refractivity contribution in [2.45, 2.75) is 19.1 Å². The third-order valence-electron chi connectivity index (χ3n) is 4.22. The van der Waals surface area contributed by atoms with Crippen LogP contribution in [0, 0.1) is 0 Å². The van der Waals surface area contributed by atoms with Crippen molar-refractivity contribution in [3.63, 3.8) is 0 Å². The van der Waals surface area contributed by atoms with Gasteiger partial charge in [0, 0.05) is 19.2 Å². The molecule has 124 valence electrons. The lowest BCUT2D eigenvalue weighted by Gasteiger charge is -2.26. The highest BCUT2D eigenvalue weighted by molar-refractivity contribution is 5.73. The highest BCUT2D eigenvalue weighted by Crippen LogP contribution is 2.33. The van der Waals surface area contributed by atoms with E-state index in [0.717, 1.165) is 6.54 Å². The average molecular weight is 321 g/mol. The van der Waals surface area contributed by atoms with Crippen LogP contribution in [0.5, 0.6) is 0 Å². The second kappa shape index (κ2) is 7.32. The standard InChI is InChI=1S/C20H23N3O/c1-3-13-23-14-19(21-15(2)24)22-20(16-9-5-4-6-10-16)17-11-7-8-12-18(17)23/h3-12,19-20,22H,1,13-14H2,2H3,(H,21,24). The summed E-state index contributed by atoms with van der Waals surface area (Å²) in [6.45, 7) is 6.84. The first kappa shape index (κ1) is 16.3. The molecular formula is C20H23N3O. The number of hydrogen-bond donors (Lipinski definition) is 2. The third kappa shape index (κ3) is 3.49. The highest BCUT2D eigenvalue weighted by atomic mass is 16.1. The van der Waals surface area contributed by atoms with E-state index < -0.39 is 0 Å². The van der Waals surface area contributed by atoms with E-state index in [0.29, 0.717) is 6.54 Å². The molecular weight excluding hydrogens is 298 g/mol. The Morgan fingerprint density at radius 3 is 2.67 bits per heavy atom. The molecule has 24 heavy (non-hydrogen) atoms. The zero-order chi connectivity index (χ0) is 16.9. The summed E-state index contributed by atoms with van der Waals surface area (Å²) in [5, 5.41) is 6.62. The van der Waals surface area contributed by atoms with Crippen molar-refractivity contribution in [3.05, 3.63) is 78.4 Å². The summed E-state index contributed by atoms with van der Waals surface area (Å²) in [6, 6.07) is 18.7. The molecule has 0 radical (unpaired) electrons. The van der Waals surface area contributed by atoms with Crippen LogP contribution < -0.4 is 15.5 Å². The first-order chi connectivity index (χ1) is 11.7. The zero-order valence-electron chi connectivity index (χ0n) is 13.9. The minimum Gasteiger partial charge on any atom is -0.364 e. The van der Waals surface area contributed by atoms with Gasteiger partial charge in [-0.1, -0.05) is 54.6 Å². The van der Waals surface area contributed by atoms with Crippen molar-refractivity contribution in [3.8, 4) is 0 Å². The Bertz CT molecular complexity index is 714. The minimum absolute atomic E-state index is 0.0223. The normalized spacial score (nSPS) is 20.0. The third-order valence-corrected chi connectivity index (χ3v) is 4.22. The molecule has 4 nitrogen and oxygen atoms in total. The molecule has 0 bridgehead atoms. The Kier molecular flexibility index (Phi) is 4.96. The predicted molar refractivity (Wildman–Crippen MR) is 97.9 cm³/mol. The Labute approximate surface area is 143 Å². The van der Waals surface area contributed by atoms with Crippen LogP contribution in [-0.2, 0) is 4.79 Å². The summed E-state index contributed by atoms with van der Waals surface area (Å²) in [6.07, 6.45) is 1.75. The van der Waals surface area contributed by atoms with E-state index in [1.807, 2.05) is 24.3 Å². The second-order valence-corrected chi connectivity index (χ2v) is 6.02. The molecule has 1 heterocycles. The Hall–Kier alpha value is -2.59. The summed E-state index contributed by atoms with van der Waals surface area (Å²) >= 11 is 0. The largest absolute Gasteiger partial charge is 0.364 e. The quantitative estimate of drug-likeness (QED) is 0.851. The van der Waals surface area contributed by atoms with Crippen LogP contribution in [0.25, 0.3) is 0 Å². The molecule has 2 atom stereocenters. The summed E-state index contributed by atoms with van der Waals surface area (Å²) < 4.78 is 0. The fourth-order valence-corrected chi connectivity index (χ4v) is 3.26. The van der Waals surface area contributed by atoms with Gasteiger partial charge in [-0.15, -0.1) is 6.58 Å². The van der Waals surface area contributed by atoms with E-state index in [-0.39, 0.29) is 18.1 Å². The van der Waals surface area contributed by atoms with Crippen molar-refractivity contribution in [1.29, 1.82) is 0 Å². The van der Waals surface area contributed by atoms with Crippen LogP contribution in [0.4, 0.5) is 5.69 Å². The topological polar surface area (TPSA) is 44.4 Å². The van der Waals surface area contributed by atoms with Gasteiger partial charge in [0.15, 0.2) is 0 Å². The average Bonchev–Trinajstić information content (AvgIpc) is 2.73. The molecule has 1 amide bonds. The van der Waals surface area contributed by atoms with Gasteiger partial charge in [0.2, 0.25) is 5.91 Å². The van der Waals surface area contributed by atoms with E-state index in [2.05, 4.69) is 58.5 Å². The molecule has 1 aliphatic heterocycles. The maximum Gasteiger partial charge on any atom is 0.218 e. The molecule has 0 saturated heterocycles. The minimum atomic E-state index is -0.139. The van der Waals surface area contributed by atoms with Crippen LogP contribution in [0.15, 0.2) is 67.3 Å². The maximum absolute atomic E-state index is 11.6. The Balaban J connectivity index is 2.06. The highest BCUT2D eigenvalue weighted by Gasteiger charge is 2.28. The van der Waals surface area contributed by atoms with E-state index in [1.165, 1.54) is 16.8 Å². The lowest BCUT2D eigenvalue weighted by Crippen LogP contribution is -2.51. The number of anilines is 1. The van der Waals surface area contributed by atoms with Gasteiger partial charge in [-0.2, -0.15) is 0 Å². The molecule has 0 aliphatic carbocycles. The molecule has 2 aromatic carbocycles. The number of fused-ring (bicyclic) bond motifs is 1. The molecule has 0 fully saturated rings. The molecule has 0 spiro atoms. The van der Waals surface area contributed by atoms with Crippen LogP contribution in [0.1, 0.15) is 24.1 Å². The number of nitrogens with zero attached hydrogens (tertiary/aromatic N) is 1. The predicted octanol–water partition coefficient (Wildman–Crippen LogP) is 2.83. The second-order valence-electron chi connectivity index (χ2n) is 6.02. The van der Waals surface area contributed by atoms with Crippen molar-refractivity contribution < 1.29 is 4.79 Å². The molecule has 2 unspecified atom stereocenters. The van der Waals surface area contributed by atoms with Gasteiger partial charge in [0.05, 0.1) is 18.8 Å². The van der Waals surface area contributed by atoms with E-state index in [4.69, 9.17) is 0 Å². The molecule has 0 saturated carbocycles. The number of rotatable bonds is 4. The fourth-order valence-electron chi connectivity index (χ4n) is 3.26. The molecule has 2 N–H and O–H groups in total. The lowest BCUT2D eigenvalue weighted by atomic mass is 9.97. The summed E-state index contributed by atoms with van der Waals surface area (Å²) in [5.41, 5.74) is 3.56. The van der Waals surface area contributed by atoms with Gasteiger partial charge in [0.1, 0.15) is 0 Å². The van der Waals surface area contributed by atoms with Gasteiger partial charge in [-0.25, -0.2) is 0 Å². The van der Waals surface area contributed by atoms with E-state index in [1.54, 1.807) is 6.92 Å². The Morgan fingerprint density at radius 2 is 1.96 bits per heavy atom. The molecule has 3 rings (SSSR count). The van der Waals surface area contributed by atoms with Crippen LogP contribution in [0.2, 0.25) is 0 Å². The van der Waals surface area contributed by atoms with Crippen LogP contribution in [-0.4, -0.2) is 25.2 Å². The molecule has 1 aliphatic rings. The summed E-state index contributed by atoms with van der Waals surface area (Å²) in [7, 11) is 0. The number of benzene rings is 2. The molecule has 2 aromatic rings. The lowest BCUT2D eigenvalue weighted by molar-refractivity contribution is -0.119. The summed E-state index contributed by atoms with van der Waals surface area (Å²) in [4.78, 5) is 13.9. The number of para-hydroxylation sites is 1. The van der Waals surface area contributed by atoms with Gasteiger partial charge < -0.3 is 10.2 Å². The van der Waals surface area contributed by atoms with Gasteiger partial charge in [-0.3, -0.25) is 10.1 Å².